The Kier molecular flexibility index (Phi) is 4.71. The van der Waals surface area contributed by atoms with Crippen molar-refractivity contribution in [1.29, 1.82) is 0 Å². The summed E-state index contributed by atoms with van der Waals surface area (Å²) in [5.41, 5.74) is 1.26. The van der Waals surface area contributed by atoms with E-state index in [4.69, 9.17) is 4.74 Å². The second kappa shape index (κ2) is 6.38. The van der Waals surface area contributed by atoms with Crippen LogP contribution < -0.4 is 0 Å². The highest BCUT2D eigenvalue weighted by Crippen LogP contribution is 2.22. The third-order valence-electron chi connectivity index (χ3n) is 3.90. The molecule has 5 heteroatoms. The lowest BCUT2D eigenvalue weighted by Crippen LogP contribution is -2.29. The number of rotatable bonds is 4. The zero-order chi connectivity index (χ0) is 17.3. The second-order valence-corrected chi connectivity index (χ2v) is 5.73. The first kappa shape index (κ1) is 17.0. The van der Waals surface area contributed by atoms with E-state index in [1.165, 1.54) is 24.3 Å². The van der Waals surface area contributed by atoms with E-state index in [1.807, 2.05) is 0 Å². The van der Waals surface area contributed by atoms with Gasteiger partial charge in [-0.3, -0.25) is 19.2 Å². The molecule has 0 radical (unpaired) electrons. The summed E-state index contributed by atoms with van der Waals surface area (Å²) in [4.78, 5) is 47.4. The average Bonchev–Trinajstić information content (AvgIpc) is 2.46. The summed E-state index contributed by atoms with van der Waals surface area (Å²) in [6.45, 7) is 6.43. The lowest BCUT2D eigenvalue weighted by Gasteiger charge is -2.24. The third-order valence-corrected chi connectivity index (χ3v) is 3.90. The molecular formula is C18H18O5. The summed E-state index contributed by atoms with van der Waals surface area (Å²) >= 11 is 0. The SMILES string of the molecule is CC1=CC(=O)C(C(C)OC(C)C2=CC(=O)C(C)=CC2=O)=CC1=O. The van der Waals surface area contributed by atoms with Crippen molar-refractivity contribution in [3.05, 3.63) is 46.6 Å². The molecule has 0 fully saturated rings. The topological polar surface area (TPSA) is 77.5 Å². The van der Waals surface area contributed by atoms with Gasteiger partial charge in [-0.15, -0.1) is 0 Å². The maximum absolute atomic E-state index is 12.0. The largest absolute Gasteiger partial charge is 0.366 e. The molecule has 0 aromatic carbocycles. The lowest BCUT2D eigenvalue weighted by molar-refractivity contribution is -0.117. The molecule has 0 aliphatic heterocycles. The molecule has 5 nitrogen and oxygen atoms in total. The molecule has 0 amide bonds. The van der Waals surface area contributed by atoms with Crippen LogP contribution in [0, 0.1) is 0 Å². The van der Waals surface area contributed by atoms with E-state index in [0.29, 0.717) is 11.1 Å². The number of hydrogen-bond acceptors (Lipinski definition) is 5. The molecular weight excluding hydrogens is 296 g/mol. The summed E-state index contributed by atoms with van der Waals surface area (Å²) in [5.74, 6) is -1.02. The van der Waals surface area contributed by atoms with E-state index >= 15 is 0 Å². The van der Waals surface area contributed by atoms with Gasteiger partial charge in [-0.2, -0.15) is 0 Å². The number of carbonyl (C=O) groups excluding carboxylic acids is 4. The van der Waals surface area contributed by atoms with E-state index in [2.05, 4.69) is 0 Å². The van der Waals surface area contributed by atoms with E-state index < -0.39 is 12.2 Å². The van der Waals surface area contributed by atoms with E-state index in [9.17, 15) is 19.2 Å². The second-order valence-electron chi connectivity index (χ2n) is 5.73. The minimum Gasteiger partial charge on any atom is -0.366 e. The van der Waals surface area contributed by atoms with Crippen molar-refractivity contribution in [3.8, 4) is 0 Å². The van der Waals surface area contributed by atoms with Crippen molar-refractivity contribution in [1.82, 2.24) is 0 Å². The van der Waals surface area contributed by atoms with Crippen molar-refractivity contribution in [3.63, 3.8) is 0 Å². The maximum atomic E-state index is 12.0. The Labute approximate surface area is 134 Å². The van der Waals surface area contributed by atoms with Gasteiger partial charge in [0.1, 0.15) is 0 Å². The fourth-order valence-electron chi connectivity index (χ4n) is 2.44. The quantitative estimate of drug-likeness (QED) is 0.740. The van der Waals surface area contributed by atoms with Gasteiger partial charge in [0.05, 0.1) is 12.2 Å². The zero-order valence-electron chi connectivity index (χ0n) is 13.5. The van der Waals surface area contributed by atoms with Gasteiger partial charge in [-0.05, 0) is 52.0 Å². The Hall–Kier alpha value is -2.40. The van der Waals surface area contributed by atoms with E-state index in [-0.39, 0.29) is 34.3 Å². The molecule has 0 saturated carbocycles. The highest BCUT2D eigenvalue weighted by atomic mass is 16.5. The Balaban J connectivity index is 2.14. The van der Waals surface area contributed by atoms with Gasteiger partial charge in [0.25, 0.3) is 0 Å². The van der Waals surface area contributed by atoms with Crippen LogP contribution in [0.3, 0.4) is 0 Å². The van der Waals surface area contributed by atoms with Gasteiger partial charge in [0.15, 0.2) is 23.1 Å². The minimum absolute atomic E-state index is 0.232. The molecule has 2 unspecified atom stereocenters. The van der Waals surface area contributed by atoms with Crippen LogP contribution in [-0.4, -0.2) is 35.3 Å². The van der Waals surface area contributed by atoms with Crippen molar-refractivity contribution in [2.45, 2.75) is 39.9 Å². The molecule has 0 aromatic rings. The molecule has 0 N–H and O–H groups in total. The Bertz CT molecular complexity index is 669. The maximum Gasteiger partial charge on any atom is 0.184 e. The number of carbonyl (C=O) groups is 4. The highest BCUT2D eigenvalue weighted by molar-refractivity contribution is 6.21. The van der Waals surface area contributed by atoms with Crippen molar-refractivity contribution < 1.29 is 23.9 Å². The first-order chi connectivity index (χ1) is 10.7. The van der Waals surface area contributed by atoms with Crippen LogP contribution in [0.4, 0.5) is 0 Å². The summed E-state index contributed by atoms with van der Waals surface area (Å²) in [7, 11) is 0. The summed E-state index contributed by atoms with van der Waals surface area (Å²) in [6.07, 6.45) is 3.76. The van der Waals surface area contributed by atoms with E-state index in [0.717, 1.165) is 0 Å². The predicted molar refractivity (Wildman–Crippen MR) is 83.7 cm³/mol. The number of ether oxygens (including phenoxy) is 1. The number of ketones is 4. The fraction of sp³-hybridized carbons (Fsp3) is 0.333. The Morgan fingerprint density at radius 2 is 1.00 bits per heavy atom. The third kappa shape index (κ3) is 3.51. The van der Waals surface area contributed by atoms with Crippen LogP contribution >= 0.6 is 0 Å². The Morgan fingerprint density at radius 1 is 0.652 bits per heavy atom. The van der Waals surface area contributed by atoms with Crippen molar-refractivity contribution in [2.75, 3.05) is 0 Å². The lowest BCUT2D eigenvalue weighted by atomic mass is 9.93. The van der Waals surface area contributed by atoms with Crippen molar-refractivity contribution in [2.24, 2.45) is 0 Å². The average molecular weight is 314 g/mol. The first-order valence-electron chi connectivity index (χ1n) is 7.33. The molecule has 2 rings (SSSR count). The molecule has 0 heterocycles. The first-order valence-corrected chi connectivity index (χ1v) is 7.33. The molecule has 2 aliphatic rings. The summed E-state index contributed by atoms with van der Waals surface area (Å²) in [6, 6.07) is 0. The van der Waals surface area contributed by atoms with Crippen LogP contribution in [0.5, 0.6) is 0 Å². The highest BCUT2D eigenvalue weighted by Gasteiger charge is 2.28. The fourth-order valence-corrected chi connectivity index (χ4v) is 2.44. The summed E-state index contributed by atoms with van der Waals surface area (Å²) in [5, 5.41) is 0. The van der Waals surface area contributed by atoms with Gasteiger partial charge >= 0.3 is 0 Å². The molecule has 0 bridgehead atoms. The van der Waals surface area contributed by atoms with Crippen LogP contribution in [0.1, 0.15) is 27.7 Å². The molecule has 0 spiro atoms. The minimum atomic E-state index is -0.665. The smallest absolute Gasteiger partial charge is 0.184 e. The molecule has 120 valence electrons. The van der Waals surface area contributed by atoms with Gasteiger partial charge in [-0.25, -0.2) is 0 Å². The molecule has 0 aromatic heterocycles. The molecule has 0 saturated heterocycles. The predicted octanol–water partition coefficient (Wildman–Crippen LogP) is 1.83. The number of allylic oxidation sites excluding steroid dienone is 6. The molecule has 2 aliphatic carbocycles. The normalized spacial score (nSPS) is 21.4. The van der Waals surface area contributed by atoms with Crippen LogP contribution in [0.2, 0.25) is 0 Å². The number of hydrogen-bond donors (Lipinski definition) is 0. The van der Waals surface area contributed by atoms with Crippen molar-refractivity contribution >= 4 is 23.1 Å². The molecule has 23 heavy (non-hydrogen) atoms. The van der Waals surface area contributed by atoms with Crippen LogP contribution in [0.25, 0.3) is 0 Å². The summed E-state index contributed by atoms with van der Waals surface area (Å²) < 4.78 is 5.70. The van der Waals surface area contributed by atoms with Crippen LogP contribution in [-0.2, 0) is 23.9 Å². The van der Waals surface area contributed by atoms with E-state index in [1.54, 1.807) is 27.7 Å². The van der Waals surface area contributed by atoms with Gasteiger partial charge in [-0.1, -0.05) is 0 Å². The van der Waals surface area contributed by atoms with Gasteiger partial charge in [0, 0.05) is 22.3 Å². The standard InChI is InChI=1S/C18H18O5/c1-9-5-17(21)13(7-15(9)19)11(3)23-12(4)14-8-16(20)10(2)6-18(14)22/h5-8,11-12H,1-4H3. The van der Waals surface area contributed by atoms with Gasteiger partial charge < -0.3 is 4.74 Å². The van der Waals surface area contributed by atoms with Gasteiger partial charge in [0.2, 0.25) is 0 Å². The Morgan fingerprint density at radius 3 is 1.35 bits per heavy atom. The monoisotopic (exact) mass is 314 g/mol. The van der Waals surface area contributed by atoms with Crippen LogP contribution in [0.15, 0.2) is 46.6 Å². The molecule has 2 atom stereocenters. The zero-order valence-corrected chi connectivity index (χ0v) is 13.5.